The van der Waals surface area contributed by atoms with Gasteiger partial charge in [-0.25, -0.2) is 0 Å². The molecule has 0 unspecified atom stereocenters. The fourth-order valence-electron chi connectivity index (χ4n) is 1.65. The van der Waals surface area contributed by atoms with Gasteiger partial charge in [0.15, 0.2) is 0 Å². The maximum atomic E-state index is 5.66. The summed E-state index contributed by atoms with van der Waals surface area (Å²) < 4.78 is 5.37. The average Bonchev–Trinajstić information content (AvgIpc) is 2.75. The van der Waals surface area contributed by atoms with Gasteiger partial charge in [0.05, 0.1) is 7.11 Å². The highest BCUT2D eigenvalue weighted by atomic mass is 35.5. The molecule has 0 saturated carbocycles. The molecular formula is C13H16ClNOS. The van der Waals surface area contributed by atoms with Crippen molar-refractivity contribution >= 4 is 23.7 Å². The molecule has 0 spiro atoms. The van der Waals surface area contributed by atoms with Gasteiger partial charge in [0.1, 0.15) is 5.75 Å². The standard InChI is InChI=1S/C13H15NOS.ClH/c1-9-3-6-13(16-9)11-7-10(8-14)4-5-12(11)15-2;/h3-7H,8,14H2,1-2H3;1H. The number of rotatable bonds is 3. The summed E-state index contributed by atoms with van der Waals surface area (Å²) in [6.45, 7) is 2.66. The summed E-state index contributed by atoms with van der Waals surface area (Å²) in [6, 6.07) is 10.3. The maximum Gasteiger partial charge on any atom is 0.127 e. The van der Waals surface area contributed by atoms with Crippen molar-refractivity contribution in [3.05, 3.63) is 40.8 Å². The van der Waals surface area contributed by atoms with E-state index in [0.717, 1.165) is 16.9 Å². The third-order valence-corrected chi connectivity index (χ3v) is 3.54. The van der Waals surface area contributed by atoms with E-state index in [0.29, 0.717) is 6.54 Å². The van der Waals surface area contributed by atoms with Gasteiger partial charge in [-0.15, -0.1) is 23.7 Å². The van der Waals surface area contributed by atoms with Crippen LogP contribution in [0.1, 0.15) is 10.4 Å². The Hall–Kier alpha value is -1.03. The first-order chi connectivity index (χ1) is 7.74. The maximum absolute atomic E-state index is 5.66. The van der Waals surface area contributed by atoms with Crippen LogP contribution in [0.25, 0.3) is 10.4 Å². The van der Waals surface area contributed by atoms with Crippen LogP contribution in [0.2, 0.25) is 0 Å². The molecule has 4 heteroatoms. The van der Waals surface area contributed by atoms with E-state index < -0.39 is 0 Å². The predicted molar refractivity (Wildman–Crippen MR) is 76.2 cm³/mol. The van der Waals surface area contributed by atoms with E-state index >= 15 is 0 Å². The Labute approximate surface area is 112 Å². The summed E-state index contributed by atoms with van der Waals surface area (Å²) in [5.74, 6) is 0.902. The molecule has 0 aliphatic rings. The number of hydrogen-bond acceptors (Lipinski definition) is 3. The molecule has 0 aliphatic carbocycles. The lowest BCUT2D eigenvalue weighted by atomic mass is 10.1. The molecule has 0 radical (unpaired) electrons. The van der Waals surface area contributed by atoms with Crippen molar-refractivity contribution in [2.24, 2.45) is 5.73 Å². The van der Waals surface area contributed by atoms with Crippen LogP contribution in [-0.2, 0) is 6.54 Å². The summed E-state index contributed by atoms with van der Waals surface area (Å²) in [5, 5.41) is 0. The fraction of sp³-hybridized carbons (Fsp3) is 0.231. The predicted octanol–water partition coefficient (Wildman–Crippen LogP) is 3.61. The van der Waals surface area contributed by atoms with Crippen molar-refractivity contribution < 1.29 is 4.74 Å². The van der Waals surface area contributed by atoms with Crippen LogP contribution >= 0.6 is 23.7 Å². The van der Waals surface area contributed by atoms with Crippen LogP contribution in [-0.4, -0.2) is 7.11 Å². The summed E-state index contributed by atoms with van der Waals surface area (Å²) in [6.07, 6.45) is 0. The number of thiophene rings is 1. The lowest BCUT2D eigenvalue weighted by molar-refractivity contribution is 0.416. The van der Waals surface area contributed by atoms with Gasteiger partial charge in [-0.05, 0) is 36.8 Å². The highest BCUT2D eigenvalue weighted by Crippen LogP contribution is 2.35. The molecule has 0 saturated heterocycles. The molecule has 0 bridgehead atoms. The van der Waals surface area contributed by atoms with Crippen LogP contribution in [0.3, 0.4) is 0 Å². The third-order valence-electron chi connectivity index (χ3n) is 2.51. The second-order valence-electron chi connectivity index (χ2n) is 3.65. The molecule has 92 valence electrons. The van der Waals surface area contributed by atoms with Crippen LogP contribution in [0.4, 0.5) is 0 Å². The van der Waals surface area contributed by atoms with Gasteiger partial charge in [0.2, 0.25) is 0 Å². The SMILES string of the molecule is COc1ccc(CN)cc1-c1ccc(C)s1.Cl. The van der Waals surface area contributed by atoms with E-state index in [2.05, 4.69) is 25.1 Å². The normalized spacial score (nSPS) is 9.82. The zero-order chi connectivity index (χ0) is 11.5. The summed E-state index contributed by atoms with van der Waals surface area (Å²) in [5.41, 5.74) is 7.91. The number of nitrogens with two attached hydrogens (primary N) is 1. The monoisotopic (exact) mass is 269 g/mol. The van der Waals surface area contributed by atoms with Crippen molar-refractivity contribution in [2.45, 2.75) is 13.5 Å². The fourth-order valence-corrected chi connectivity index (χ4v) is 2.54. The van der Waals surface area contributed by atoms with Crippen molar-refractivity contribution in [1.82, 2.24) is 0 Å². The van der Waals surface area contributed by atoms with Gasteiger partial charge in [-0.2, -0.15) is 0 Å². The van der Waals surface area contributed by atoms with Crippen molar-refractivity contribution in [3.8, 4) is 16.2 Å². The zero-order valence-corrected chi connectivity index (χ0v) is 11.5. The van der Waals surface area contributed by atoms with Crippen LogP contribution in [0.15, 0.2) is 30.3 Å². The molecule has 1 aromatic heterocycles. The Morgan fingerprint density at radius 2 is 2.00 bits per heavy atom. The highest BCUT2D eigenvalue weighted by Gasteiger charge is 2.08. The van der Waals surface area contributed by atoms with Gasteiger partial charge in [0, 0.05) is 21.9 Å². The molecule has 2 aromatic rings. The van der Waals surface area contributed by atoms with Crippen molar-refractivity contribution in [3.63, 3.8) is 0 Å². The number of ether oxygens (including phenoxy) is 1. The molecule has 2 nitrogen and oxygen atoms in total. The van der Waals surface area contributed by atoms with Gasteiger partial charge in [-0.3, -0.25) is 0 Å². The number of benzene rings is 1. The first-order valence-electron chi connectivity index (χ1n) is 5.18. The van der Waals surface area contributed by atoms with Gasteiger partial charge in [-0.1, -0.05) is 6.07 Å². The first kappa shape index (κ1) is 14.0. The quantitative estimate of drug-likeness (QED) is 0.924. The Morgan fingerprint density at radius 1 is 1.24 bits per heavy atom. The third kappa shape index (κ3) is 3.00. The number of halogens is 1. The molecule has 1 aromatic carbocycles. The zero-order valence-electron chi connectivity index (χ0n) is 9.90. The van der Waals surface area contributed by atoms with E-state index in [9.17, 15) is 0 Å². The molecule has 2 rings (SSSR count). The molecular weight excluding hydrogens is 254 g/mol. The average molecular weight is 270 g/mol. The second kappa shape index (κ2) is 6.05. The van der Waals surface area contributed by atoms with Crippen molar-refractivity contribution in [1.29, 1.82) is 0 Å². The van der Waals surface area contributed by atoms with E-state index in [1.54, 1.807) is 18.4 Å². The smallest absolute Gasteiger partial charge is 0.127 e. The van der Waals surface area contributed by atoms with Gasteiger partial charge < -0.3 is 10.5 Å². The molecule has 1 heterocycles. The number of aryl methyl sites for hydroxylation is 1. The summed E-state index contributed by atoms with van der Waals surface area (Å²) in [7, 11) is 1.70. The van der Waals surface area contributed by atoms with Crippen molar-refractivity contribution in [2.75, 3.05) is 7.11 Å². The minimum Gasteiger partial charge on any atom is -0.496 e. The Morgan fingerprint density at radius 3 is 2.53 bits per heavy atom. The highest BCUT2D eigenvalue weighted by molar-refractivity contribution is 7.15. The number of methoxy groups -OCH3 is 1. The number of hydrogen-bond donors (Lipinski definition) is 1. The van der Waals surface area contributed by atoms with Crippen LogP contribution in [0.5, 0.6) is 5.75 Å². The Kier molecular flexibility index (Phi) is 5.00. The molecule has 0 aliphatic heterocycles. The van der Waals surface area contributed by atoms with Gasteiger partial charge in [0.25, 0.3) is 0 Å². The van der Waals surface area contributed by atoms with Crippen LogP contribution < -0.4 is 10.5 Å². The lowest BCUT2D eigenvalue weighted by Gasteiger charge is -2.08. The second-order valence-corrected chi connectivity index (χ2v) is 4.94. The summed E-state index contributed by atoms with van der Waals surface area (Å²) in [4.78, 5) is 2.53. The minimum atomic E-state index is 0. The van der Waals surface area contributed by atoms with Gasteiger partial charge >= 0.3 is 0 Å². The largest absolute Gasteiger partial charge is 0.496 e. The molecule has 0 fully saturated rings. The molecule has 0 atom stereocenters. The molecule has 17 heavy (non-hydrogen) atoms. The lowest BCUT2D eigenvalue weighted by Crippen LogP contribution is -1.97. The summed E-state index contributed by atoms with van der Waals surface area (Å²) >= 11 is 1.77. The van der Waals surface area contributed by atoms with E-state index in [1.165, 1.54) is 9.75 Å². The Balaban J connectivity index is 0.00000144. The van der Waals surface area contributed by atoms with E-state index in [1.807, 2.05) is 12.1 Å². The van der Waals surface area contributed by atoms with Crippen LogP contribution in [0, 0.1) is 6.92 Å². The Bertz CT molecular complexity index is 496. The first-order valence-corrected chi connectivity index (χ1v) is 6.00. The molecule has 2 N–H and O–H groups in total. The van der Waals surface area contributed by atoms with E-state index in [4.69, 9.17) is 10.5 Å². The van der Waals surface area contributed by atoms with E-state index in [-0.39, 0.29) is 12.4 Å². The topological polar surface area (TPSA) is 35.2 Å². The minimum absolute atomic E-state index is 0. The molecule has 0 amide bonds.